The molecule has 1 unspecified atom stereocenters. The molecule has 0 saturated carbocycles. The van der Waals surface area contributed by atoms with Crippen LogP contribution in [0.4, 0.5) is 0 Å². The number of imidazole rings is 1. The summed E-state index contributed by atoms with van der Waals surface area (Å²) in [5.41, 5.74) is 3.42. The third kappa shape index (κ3) is 4.76. The maximum Gasteiger partial charge on any atom is 0.255 e. The number of amides is 1. The quantitative estimate of drug-likeness (QED) is 0.662. The smallest absolute Gasteiger partial charge is 0.255 e. The van der Waals surface area contributed by atoms with Crippen molar-refractivity contribution in [3.8, 4) is 5.75 Å². The topological polar surface area (TPSA) is 67.7 Å². The molecule has 1 saturated heterocycles. The predicted octanol–water partition coefficient (Wildman–Crippen LogP) is 3.16. The number of aryl methyl sites for hydroxylation is 1. The Labute approximate surface area is 176 Å². The number of hydrogen-bond donors (Lipinski definition) is 2. The van der Waals surface area contributed by atoms with Crippen LogP contribution in [0.15, 0.2) is 48.8 Å². The lowest BCUT2D eigenvalue weighted by molar-refractivity contribution is 0.0935. The summed E-state index contributed by atoms with van der Waals surface area (Å²) >= 11 is 0. The van der Waals surface area contributed by atoms with E-state index in [0.29, 0.717) is 17.9 Å². The highest BCUT2D eigenvalue weighted by molar-refractivity contribution is 5.97. The molecule has 3 aromatic rings. The molecule has 0 bridgehead atoms. The second kappa shape index (κ2) is 9.78. The van der Waals surface area contributed by atoms with Gasteiger partial charge in [-0.05, 0) is 43.7 Å². The zero-order valence-electron chi connectivity index (χ0n) is 15.6. The average Bonchev–Trinajstić information content (AvgIpc) is 3.30. The number of rotatable bonds is 5. The van der Waals surface area contributed by atoms with Gasteiger partial charge < -0.3 is 19.8 Å². The van der Waals surface area contributed by atoms with E-state index in [4.69, 9.17) is 4.74 Å². The summed E-state index contributed by atoms with van der Waals surface area (Å²) in [4.78, 5) is 17.2. The number of carbonyl (C=O) groups is 1. The number of ether oxygens (including phenoxy) is 1. The standard InChI is InChI=1S/C20H22N4O2.2ClH/c1-14-5-4-10-24-12-16(22-19(14)24)13-26-18-7-3-2-6-17(18)20(25)23-15-8-9-21-11-15;;/h2-7,10,12,15,21H,8-9,11,13H2,1H3,(H,23,25);2*1H. The summed E-state index contributed by atoms with van der Waals surface area (Å²) in [5, 5.41) is 6.31. The summed E-state index contributed by atoms with van der Waals surface area (Å²) in [6, 6.07) is 11.5. The lowest BCUT2D eigenvalue weighted by Gasteiger charge is -2.14. The number of pyridine rings is 1. The number of nitrogens with one attached hydrogen (secondary N) is 2. The Morgan fingerprint density at radius 1 is 1.29 bits per heavy atom. The van der Waals surface area contributed by atoms with Crippen LogP contribution in [-0.2, 0) is 6.61 Å². The van der Waals surface area contributed by atoms with Gasteiger partial charge in [-0.15, -0.1) is 24.8 Å². The zero-order valence-corrected chi connectivity index (χ0v) is 17.2. The van der Waals surface area contributed by atoms with E-state index in [2.05, 4.69) is 15.6 Å². The Balaban J connectivity index is 0.00000140. The van der Waals surface area contributed by atoms with Gasteiger partial charge in [-0.1, -0.05) is 18.2 Å². The molecule has 6 nitrogen and oxygen atoms in total. The number of fused-ring (bicyclic) bond motifs is 1. The summed E-state index contributed by atoms with van der Waals surface area (Å²) in [6.07, 6.45) is 4.88. The monoisotopic (exact) mass is 422 g/mol. The van der Waals surface area contributed by atoms with Crippen molar-refractivity contribution in [1.29, 1.82) is 0 Å². The largest absolute Gasteiger partial charge is 0.486 e. The molecule has 3 heterocycles. The van der Waals surface area contributed by atoms with Crippen molar-refractivity contribution in [3.05, 3.63) is 65.6 Å². The van der Waals surface area contributed by atoms with E-state index in [1.165, 1.54) is 0 Å². The second-order valence-electron chi connectivity index (χ2n) is 6.60. The van der Waals surface area contributed by atoms with Gasteiger partial charge in [0.2, 0.25) is 0 Å². The molecular formula is C20H24Cl2N4O2. The minimum Gasteiger partial charge on any atom is -0.486 e. The summed E-state index contributed by atoms with van der Waals surface area (Å²) in [7, 11) is 0. The van der Waals surface area contributed by atoms with Gasteiger partial charge in [0.15, 0.2) is 0 Å². The number of para-hydroxylation sites is 1. The summed E-state index contributed by atoms with van der Waals surface area (Å²) in [6.45, 7) is 4.10. The number of benzene rings is 1. The molecule has 28 heavy (non-hydrogen) atoms. The Morgan fingerprint density at radius 2 is 2.11 bits per heavy atom. The van der Waals surface area contributed by atoms with Crippen LogP contribution in [-0.4, -0.2) is 34.4 Å². The van der Waals surface area contributed by atoms with Crippen LogP contribution in [0.2, 0.25) is 0 Å². The Bertz CT molecular complexity index is 939. The molecular weight excluding hydrogens is 399 g/mol. The first-order valence-corrected chi connectivity index (χ1v) is 8.87. The van der Waals surface area contributed by atoms with Crippen molar-refractivity contribution in [3.63, 3.8) is 0 Å². The third-order valence-corrected chi connectivity index (χ3v) is 4.63. The Hall–Kier alpha value is -2.28. The molecule has 0 radical (unpaired) electrons. The van der Waals surface area contributed by atoms with E-state index < -0.39 is 0 Å². The summed E-state index contributed by atoms with van der Waals surface area (Å²) in [5.74, 6) is 0.477. The van der Waals surface area contributed by atoms with Crippen molar-refractivity contribution in [1.82, 2.24) is 20.0 Å². The molecule has 1 aromatic carbocycles. The molecule has 150 valence electrons. The van der Waals surface area contributed by atoms with Crippen LogP contribution in [0.1, 0.15) is 28.0 Å². The van der Waals surface area contributed by atoms with E-state index in [-0.39, 0.29) is 36.8 Å². The van der Waals surface area contributed by atoms with Crippen LogP contribution in [0.5, 0.6) is 5.75 Å². The molecule has 1 aliphatic rings. The van der Waals surface area contributed by atoms with Gasteiger partial charge in [-0.3, -0.25) is 4.79 Å². The van der Waals surface area contributed by atoms with Gasteiger partial charge in [0, 0.05) is 25.0 Å². The van der Waals surface area contributed by atoms with Crippen molar-refractivity contribution < 1.29 is 9.53 Å². The molecule has 1 aliphatic heterocycles. The highest BCUT2D eigenvalue weighted by atomic mass is 35.5. The third-order valence-electron chi connectivity index (χ3n) is 4.63. The van der Waals surface area contributed by atoms with Crippen LogP contribution < -0.4 is 15.4 Å². The highest BCUT2D eigenvalue weighted by Crippen LogP contribution is 2.20. The maximum absolute atomic E-state index is 12.6. The van der Waals surface area contributed by atoms with E-state index in [1.807, 2.05) is 54.0 Å². The predicted molar refractivity (Wildman–Crippen MR) is 114 cm³/mol. The van der Waals surface area contributed by atoms with Crippen molar-refractivity contribution >= 4 is 36.4 Å². The zero-order chi connectivity index (χ0) is 17.9. The normalized spacial score (nSPS) is 15.5. The molecule has 8 heteroatoms. The Morgan fingerprint density at radius 3 is 2.86 bits per heavy atom. The Kier molecular flexibility index (Phi) is 7.69. The van der Waals surface area contributed by atoms with Crippen LogP contribution in [0.25, 0.3) is 5.65 Å². The lowest BCUT2D eigenvalue weighted by Crippen LogP contribution is -2.36. The first kappa shape index (κ1) is 22.0. The lowest BCUT2D eigenvalue weighted by atomic mass is 10.1. The van der Waals surface area contributed by atoms with Gasteiger partial charge in [0.1, 0.15) is 18.0 Å². The molecule has 4 rings (SSSR count). The molecule has 2 N–H and O–H groups in total. The number of halogens is 2. The van der Waals surface area contributed by atoms with Crippen molar-refractivity contribution in [2.24, 2.45) is 0 Å². The first-order valence-electron chi connectivity index (χ1n) is 8.87. The second-order valence-corrected chi connectivity index (χ2v) is 6.60. The average molecular weight is 423 g/mol. The molecule has 1 fully saturated rings. The molecule has 2 aromatic heterocycles. The number of carbonyl (C=O) groups excluding carboxylic acids is 1. The fourth-order valence-corrected chi connectivity index (χ4v) is 3.25. The van der Waals surface area contributed by atoms with Gasteiger partial charge in [0.25, 0.3) is 5.91 Å². The minimum absolute atomic E-state index is 0. The fraction of sp³-hybridized carbons (Fsp3) is 0.300. The number of aromatic nitrogens is 2. The van der Waals surface area contributed by atoms with E-state index in [0.717, 1.165) is 36.4 Å². The molecule has 0 aliphatic carbocycles. The van der Waals surface area contributed by atoms with Crippen molar-refractivity contribution in [2.45, 2.75) is 26.0 Å². The fourth-order valence-electron chi connectivity index (χ4n) is 3.25. The first-order chi connectivity index (χ1) is 12.7. The van der Waals surface area contributed by atoms with Gasteiger partial charge in [0.05, 0.1) is 11.3 Å². The van der Waals surface area contributed by atoms with E-state index in [9.17, 15) is 4.79 Å². The van der Waals surface area contributed by atoms with E-state index in [1.54, 1.807) is 6.07 Å². The minimum atomic E-state index is -0.0971. The van der Waals surface area contributed by atoms with Crippen LogP contribution >= 0.6 is 24.8 Å². The maximum atomic E-state index is 12.6. The van der Waals surface area contributed by atoms with Crippen LogP contribution in [0, 0.1) is 6.92 Å². The molecule has 1 amide bonds. The van der Waals surface area contributed by atoms with Crippen molar-refractivity contribution in [2.75, 3.05) is 13.1 Å². The molecule has 0 spiro atoms. The number of nitrogens with zero attached hydrogens (tertiary/aromatic N) is 2. The van der Waals surface area contributed by atoms with Gasteiger partial charge >= 0.3 is 0 Å². The summed E-state index contributed by atoms with van der Waals surface area (Å²) < 4.78 is 7.91. The van der Waals surface area contributed by atoms with Gasteiger partial charge in [-0.2, -0.15) is 0 Å². The highest BCUT2D eigenvalue weighted by Gasteiger charge is 2.19. The number of hydrogen-bond acceptors (Lipinski definition) is 4. The molecule has 1 atom stereocenters. The van der Waals surface area contributed by atoms with E-state index >= 15 is 0 Å². The van der Waals surface area contributed by atoms with Gasteiger partial charge in [-0.25, -0.2) is 4.98 Å². The van der Waals surface area contributed by atoms with Crippen LogP contribution in [0.3, 0.4) is 0 Å². The SMILES string of the molecule is Cc1cccn2cc(COc3ccccc3C(=O)NC3CCNC3)nc12.Cl.Cl.